The van der Waals surface area contributed by atoms with Crippen LogP contribution in [0.1, 0.15) is 17.3 Å². The number of carboxylic acids is 1. The molecule has 120 valence electrons. The summed E-state index contributed by atoms with van der Waals surface area (Å²) < 4.78 is 18.1. The lowest BCUT2D eigenvalue weighted by Crippen LogP contribution is -2.47. The largest absolute Gasteiger partial charge is 0.479 e. The van der Waals surface area contributed by atoms with Crippen molar-refractivity contribution < 1.29 is 33.7 Å². The molecule has 4 N–H and O–H groups in total. The molecular formula is C13H15FN2O6. The molecule has 1 aromatic carbocycles. The van der Waals surface area contributed by atoms with Crippen LogP contribution in [-0.2, 0) is 9.53 Å². The highest BCUT2D eigenvalue weighted by atomic mass is 19.1. The van der Waals surface area contributed by atoms with E-state index in [0.717, 1.165) is 26.2 Å². The fourth-order valence-electron chi connectivity index (χ4n) is 1.36. The van der Waals surface area contributed by atoms with Crippen molar-refractivity contribution in [3.8, 4) is 0 Å². The molecule has 0 radical (unpaired) electrons. The Balaban J connectivity index is 2.69. The van der Waals surface area contributed by atoms with Gasteiger partial charge < -0.3 is 25.6 Å². The maximum atomic E-state index is 13.7. The zero-order chi connectivity index (χ0) is 16.9. The van der Waals surface area contributed by atoms with Gasteiger partial charge in [-0.05, 0) is 25.1 Å². The van der Waals surface area contributed by atoms with Crippen molar-refractivity contribution in [2.24, 2.45) is 0 Å². The number of hydrogen-bond acceptors (Lipinski definition) is 5. The second kappa shape index (κ2) is 6.85. The molecule has 1 atom stereocenters. The van der Waals surface area contributed by atoms with Crippen molar-refractivity contribution in [2.45, 2.75) is 12.5 Å². The third-order valence-electron chi connectivity index (χ3n) is 2.69. The van der Waals surface area contributed by atoms with Crippen LogP contribution in [-0.4, -0.2) is 47.4 Å². The summed E-state index contributed by atoms with van der Waals surface area (Å²) in [6, 6.07) is 2.37. The van der Waals surface area contributed by atoms with E-state index in [2.05, 4.69) is 15.4 Å². The van der Waals surface area contributed by atoms with Gasteiger partial charge in [-0.2, -0.15) is 0 Å². The van der Waals surface area contributed by atoms with E-state index in [0.29, 0.717) is 0 Å². The third kappa shape index (κ3) is 4.42. The Morgan fingerprint density at radius 3 is 2.50 bits per heavy atom. The van der Waals surface area contributed by atoms with Crippen molar-refractivity contribution in [1.82, 2.24) is 5.32 Å². The zero-order valence-electron chi connectivity index (χ0n) is 11.8. The first-order valence-electron chi connectivity index (χ1n) is 6.06. The number of rotatable bonds is 5. The molecule has 0 aliphatic heterocycles. The molecule has 0 saturated carbocycles. The number of ether oxygens (including phenoxy) is 1. The molecule has 0 saturated heterocycles. The second-order valence-electron chi connectivity index (χ2n) is 4.57. The maximum Gasteiger partial charge on any atom is 0.337 e. The quantitative estimate of drug-likeness (QED) is 0.589. The number of benzene rings is 1. The van der Waals surface area contributed by atoms with Crippen LogP contribution in [0.15, 0.2) is 18.2 Å². The zero-order valence-corrected chi connectivity index (χ0v) is 11.8. The van der Waals surface area contributed by atoms with Crippen molar-refractivity contribution in [3.05, 3.63) is 29.6 Å². The summed E-state index contributed by atoms with van der Waals surface area (Å²) in [7, 11) is 1.15. The lowest BCUT2D eigenvalue weighted by molar-refractivity contribution is -0.155. The number of esters is 1. The first-order valence-corrected chi connectivity index (χ1v) is 6.06. The molecule has 8 nitrogen and oxygen atoms in total. The molecule has 0 aliphatic carbocycles. The summed E-state index contributed by atoms with van der Waals surface area (Å²) in [6.07, 6.45) is 0. The Labute approximate surface area is 124 Å². The Bertz CT molecular complexity index is 602. The van der Waals surface area contributed by atoms with Gasteiger partial charge in [-0.1, -0.05) is 0 Å². The Hall–Kier alpha value is -2.68. The van der Waals surface area contributed by atoms with Crippen LogP contribution in [0.3, 0.4) is 0 Å². The molecule has 0 aromatic heterocycles. The number of urea groups is 1. The van der Waals surface area contributed by atoms with Gasteiger partial charge in [-0.3, -0.25) is 0 Å². The molecule has 0 bridgehead atoms. The molecule has 2 amide bonds. The number of carbonyl (C=O) groups is 3. The molecular weight excluding hydrogens is 299 g/mol. The molecule has 0 spiro atoms. The minimum Gasteiger partial charge on any atom is -0.479 e. The number of aliphatic hydroxyl groups is 1. The van der Waals surface area contributed by atoms with Crippen LogP contribution in [0.4, 0.5) is 14.9 Å². The number of amides is 2. The third-order valence-corrected chi connectivity index (χ3v) is 2.69. The number of aliphatic carboxylic acids is 1. The van der Waals surface area contributed by atoms with Crippen LogP contribution < -0.4 is 10.6 Å². The predicted octanol–water partition coefficient (Wildman–Crippen LogP) is 0.569. The van der Waals surface area contributed by atoms with E-state index in [1.54, 1.807) is 0 Å². The number of nitrogens with one attached hydrogen (secondary N) is 2. The van der Waals surface area contributed by atoms with E-state index in [4.69, 9.17) is 5.11 Å². The van der Waals surface area contributed by atoms with Crippen LogP contribution in [0.2, 0.25) is 0 Å². The van der Waals surface area contributed by atoms with Crippen molar-refractivity contribution >= 4 is 23.7 Å². The number of carbonyl (C=O) groups excluding carboxylic acids is 2. The Kier molecular flexibility index (Phi) is 5.41. The fraction of sp³-hybridized carbons (Fsp3) is 0.308. The van der Waals surface area contributed by atoms with Gasteiger partial charge in [0.2, 0.25) is 0 Å². The molecule has 22 heavy (non-hydrogen) atoms. The van der Waals surface area contributed by atoms with E-state index in [1.165, 1.54) is 6.07 Å². The summed E-state index contributed by atoms with van der Waals surface area (Å²) >= 11 is 0. The van der Waals surface area contributed by atoms with Gasteiger partial charge in [0.15, 0.2) is 5.60 Å². The Morgan fingerprint density at radius 2 is 2.00 bits per heavy atom. The van der Waals surface area contributed by atoms with Gasteiger partial charge in [0, 0.05) is 0 Å². The van der Waals surface area contributed by atoms with Gasteiger partial charge in [-0.25, -0.2) is 18.8 Å². The van der Waals surface area contributed by atoms with Crippen LogP contribution in [0.25, 0.3) is 0 Å². The van der Waals surface area contributed by atoms with Gasteiger partial charge >= 0.3 is 18.0 Å². The monoisotopic (exact) mass is 314 g/mol. The molecule has 1 aromatic rings. The number of halogens is 1. The summed E-state index contributed by atoms with van der Waals surface area (Å²) in [5, 5.41) is 22.3. The summed E-state index contributed by atoms with van der Waals surface area (Å²) in [6.45, 7) is 0.428. The van der Waals surface area contributed by atoms with Crippen LogP contribution in [0.5, 0.6) is 0 Å². The second-order valence-corrected chi connectivity index (χ2v) is 4.57. The van der Waals surface area contributed by atoms with Gasteiger partial charge in [0.1, 0.15) is 5.82 Å². The lowest BCUT2D eigenvalue weighted by atomic mass is 10.1. The average Bonchev–Trinajstić information content (AvgIpc) is 2.46. The maximum absolute atomic E-state index is 13.7. The van der Waals surface area contributed by atoms with E-state index >= 15 is 0 Å². The van der Waals surface area contributed by atoms with Crippen LogP contribution >= 0.6 is 0 Å². The molecule has 1 rings (SSSR count). The van der Waals surface area contributed by atoms with Crippen molar-refractivity contribution in [2.75, 3.05) is 19.0 Å². The van der Waals surface area contributed by atoms with Crippen molar-refractivity contribution in [1.29, 1.82) is 0 Å². The average molecular weight is 314 g/mol. The number of hydrogen-bond donors (Lipinski definition) is 4. The minimum atomic E-state index is -2.15. The summed E-state index contributed by atoms with van der Waals surface area (Å²) in [5.74, 6) is -3.11. The van der Waals surface area contributed by atoms with E-state index in [1.807, 2.05) is 0 Å². The highest BCUT2D eigenvalue weighted by Gasteiger charge is 2.30. The molecule has 0 aliphatic rings. The standard InChI is InChI=1S/C13H15FN2O6/c1-13(21,11(18)19)6-15-12(20)16-9-4-3-7(5-8(9)14)10(17)22-2/h3-5,21H,6H2,1-2H3,(H,18,19)(H2,15,16,20). The molecule has 1 unspecified atom stereocenters. The first kappa shape index (κ1) is 17.4. The smallest absolute Gasteiger partial charge is 0.337 e. The fourth-order valence-corrected chi connectivity index (χ4v) is 1.36. The number of anilines is 1. The molecule has 0 fully saturated rings. The van der Waals surface area contributed by atoms with E-state index in [9.17, 15) is 23.9 Å². The van der Waals surface area contributed by atoms with Gasteiger partial charge in [0.25, 0.3) is 0 Å². The number of carboxylic acid groups (broad SMARTS) is 1. The van der Waals surface area contributed by atoms with Crippen LogP contribution in [0, 0.1) is 5.82 Å². The predicted molar refractivity (Wildman–Crippen MR) is 73.0 cm³/mol. The SMILES string of the molecule is COC(=O)c1ccc(NC(=O)NCC(C)(O)C(=O)O)c(F)c1. The summed E-state index contributed by atoms with van der Waals surface area (Å²) in [4.78, 5) is 33.4. The topological polar surface area (TPSA) is 125 Å². The highest BCUT2D eigenvalue weighted by Crippen LogP contribution is 2.16. The van der Waals surface area contributed by atoms with Gasteiger partial charge in [0.05, 0.1) is 24.9 Å². The summed E-state index contributed by atoms with van der Waals surface area (Å²) in [5.41, 5.74) is -2.40. The van der Waals surface area contributed by atoms with Gasteiger partial charge in [-0.15, -0.1) is 0 Å². The Morgan fingerprint density at radius 1 is 1.36 bits per heavy atom. The number of methoxy groups -OCH3 is 1. The first-order chi connectivity index (χ1) is 10.2. The minimum absolute atomic E-state index is 0.0280. The molecule has 0 heterocycles. The lowest BCUT2D eigenvalue weighted by Gasteiger charge is -2.18. The molecule has 9 heteroatoms. The van der Waals surface area contributed by atoms with E-state index < -0.39 is 35.9 Å². The normalized spacial score (nSPS) is 12.9. The highest BCUT2D eigenvalue weighted by molar-refractivity contribution is 5.92. The van der Waals surface area contributed by atoms with Crippen molar-refractivity contribution in [3.63, 3.8) is 0 Å². The van der Waals surface area contributed by atoms with E-state index in [-0.39, 0.29) is 11.3 Å².